The molecule has 20 heavy (non-hydrogen) atoms. The number of amides is 1. The van der Waals surface area contributed by atoms with Crippen molar-refractivity contribution in [3.63, 3.8) is 0 Å². The summed E-state index contributed by atoms with van der Waals surface area (Å²) in [6.07, 6.45) is 2.17. The molecule has 1 N–H and O–H groups in total. The Kier molecular flexibility index (Phi) is 3.60. The van der Waals surface area contributed by atoms with E-state index in [4.69, 9.17) is 4.74 Å². The summed E-state index contributed by atoms with van der Waals surface area (Å²) in [7, 11) is 0. The number of hydrogen-bond acceptors (Lipinski definition) is 4. The topological polar surface area (TPSA) is 41.6 Å². The summed E-state index contributed by atoms with van der Waals surface area (Å²) >= 11 is 1.76. The lowest BCUT2D eigenvalue weighted by Crippen LogP contribution is -2.34. The number of hydrogen-bond donors (Lipinski definition) is 1. The van der Waals surface area contributed by atoms with Crippen LogP contribution in [0, 0.1) is 6.92 Å². The van der Waals surface area contributed by atoms with Gasteiger partial charge in [0.1, 0.15) is 11.7 Å². The van der Waals surface area contributed by atoms with Crippen molar-refractivity contribution in [1.29, 1.82) is 0 Å². The van der Waals surface area contributed by atoms with Gasteiger partial charge in [-0.15, -0.1) is 11.3 Å². The Hall–Kier alpha value is -0.910. The van der Waals surface area contributed by atoms with Crippen LogP contribution in [0.2, 0.25) is 0 Å². The molecule has 1 spiro atoms. The zero-order chi connectivity index (χ0) is 14.3. The number of nitrogens with one attached hydrogen (secondary N) is 1. The average Bonchev–Trinajstić information content (AvgIpc) is 2.97. The largest absolute Gasteiger partial charge is 0.377 e. The van der Waals surface area contributed by atoms with Gasteiger partial charge in [-0.2, -0.15) is 0 Å². The quantitative estimate of drug-likeness (QED) is 0.907. The van der Waals surface area contributed by atoms with E-state index < -0.39 is 0 Å². The third-order valence-corrected chi connectivity index (χ3v) is 5.01. The first-order valence-electron chi connectivity index (χ1n) is 7.28. The standard InChI is InChI=1S/C15H22N2O2S/c1-10(2)19-9-8-17-13(12-5-4-11(3)20-12)16-15(6-7-15)14(17)18/h4-5,10,13,16H,6-9H2,1-3H3. The van der Waals surface area contributed by atoms with Gasteiger partial charge in [0.25, 0.3) is 0 Å². The third kappa shape index (κ3) is 2.50. The van der Waals surface area contributed by atoms with Gasteiger partial charge in [-0.1, -0.05) is 0 Å². The van der Waals surface area contributed by atoms with Crippen LogP contribution in [-0.4, -0.2) is 35.6 Å². The van der Waals surface area contributed by atoms with Crippen molar-refractivity contribution in [2.45, 2.75) is 51.4 Å². The number of thiophene rings is 1. The van der Waals surface area contributed by atoms with Crippen LogP contribution in [-0.2, 0) is 9.53 Å². The molecule has 2 heterocycles. The molecule has 2 aliphatic rings. The van der Waals surface area contributed by atoms with Crippen molar-refractivity contribution >= 4 is 17.2 Å². The Morgan fingerprint density at radius 2 is 2.25 bits per heavy atom. The van der Waals surface area contributed by atoms with E-state index in [2.05, 4.69) is 24.4 Å². The summed E-state index contributed by atoms with van der Waals surface area (Å²) in [4.78, 5) is 17.0. The predicted molar refractivity (Wildman–Crippen MR) is 79.7 cm³/mol. The summed E-state index contributed by atoms with van der Waals surface area (Å²) in [6, 6.07) is 4.25. The molecule has 1 saturated carbocycles. The van der Waals surface area contributed by atoms with Crippen LogP contribution in [0.4, 0.5) is 0 Å². The SMILES string of the molecule is Cc1ccc(C2NC3(CC3)C(=O)N2CCOC(C)C)s1. The minimum Gasteiger partial charge on any atom is -0.377 e. The van der Waals surface area contributed by atoms with Crippen molar-refractivity contribution in [1.82, 2.24) is 10.2 Å². The molecular weight excluding hydrogens is 272 g/mol. The number of aryl methyl sites for hydroxylation is 1. The smallest absolute Gasteiger partial charge is 0.244 e. The highest BCUT2D eigenvalue weighted by Gasteiger charge is 2.59. The molecule has 1 aliphatic carbocycles. The van der Waals surface area contributed by atoms with Crippen molar-refractivity contribution in [2.24, 2.45) is 0 Å². The van der Waals surface area contributed by atoms with E-state index >= 15 is 0 Å². The Morgan fingerprint density at radius 1 is 1.50 bits per heavy atom. The zero-order valence-corrected chi connectivity index (χ0v) is 13.1. The number of rotatable bonds is 5. The lowest BCUT2D eigenvalue weighted by atomic mass is 10.3. The third-order valence-electron chi connectivity index (χ3n) is 3.96. The molecule has 0 radical (unpaired) electrons. The Morgan fingerprint density at radius 3 is 2.80 bits per heavy atom. The number of carbonyl (C=O) groups excluding carboxylic acids is 1. The lowest BCUT2D eigenvalue weighted by Gasteiger charge is -2.23. The van der Waals surface area contributed by atoms with Crippen molar-refractivity contribution < 1.29 is 9.53 Å². The molecular formula is C15H22N2O2S. The fourth-order valence-electron chi connectivity index (χ4n) is 2.72. The first kappa shape index (κ1) is 14.0. The first-order chi connectivity index (χ1) is 9.52. The summed E-state index contributed by atoms with van der Waals surface area (Å²) in [6.45, 7) is 7.40. The van der Waals surface area contributed by atoms with Crippen LogP contribution in [0.25, 0.3) is 0 Å². The number of nitrogens with zero attached hydrogens (tertiary/aromatic N) is 1. The van der Waals surface area contributed by atoms with Crippen LogP contribution in [0.5, 0.6) is 0 Å². The molecule has 110 valence electrons. The van der Waals surface area contributed by atoms with Crippen molar-refractivity contribution in [2.75, 3.05) is 13.2 Å². The lowest BCUT2D eigenvalue weighted by molar-refractivity contribution is -0.131. The van der Waals surface area contributed by atoms with Crippen LogP contribution >= 0.6 is 11.3 Å². The molecule has 1 saturated heterocycles. The Balaban J connectivity index is 1.74. The highest BCUT2D eigenvalue weighted by atomic mass is 32.1. The van der Waals surface area contributed by atoms with Crippen molar-refractivity contribution in [3.05, 3.63) is 21.9 Å². The van der Waals surface area contributed by atoms with Gasteiger partial charge in [0.15, 0.2) is 0 Å². The monoisotopic (exact) mass is 294 g/mol. The molecule has 1 aliphatic heterocycles. The highest BCUT2D eigenvalue weighted by molar-refractivity contribution is 7.12. The average molecular weight is 294 g/mol. The molecule has 2 fully saturated rings. The Labute approximate surface area is 124 Å². The summed E-state index contributed by atoms with van der Waals surface area (Å²) in [5, 5.41) is 3.54. The van der Waals surface area contributed by atoms with E-state index in [1.54, 1.807) is 11.3 Å². The minimum atomic E-state index is -0.263. The molecule has 0 aromatic carbocycles. The van der Waals surface area contributed by atoms with Gasteiger partial charge in [-0.25, -0.2) is 0 Å². The second-order valence-electron chi connectivity index (χ2n) is 6.00. The summed E-state index contributed by atoms with van der Waals surface area (Å²) in [5.74, 6) is 0.251. The van der Waals surface area contributed by atoms with Crippen LogP contribution < -0.4 is 5.32 Å². The minimum absolute atomic E-state index is 0.0273. The molecule has 5 heteroatoms. The van der Waals surface area contributed by atoms with Gasteiger partial charge >= 0.3 is 0 Å². The van der Waals surface area contributed by atoms with Gasteiger partial charge < -0.3 is 9.64 Å². The predicted octanol–water partition coefficient (Wildman–Crippen LogP) is 2.44. The maximum Gasteiger partial charge on any atom is 0.244 e. The van der Waals surface area contributed by atoms with E-state index in [9.17, 15) is 4.79 Å². The molecule has 3 rings (SSSR count). The van der Waals surface area contributed by atoms with Gasteiger partial charge in [-0.3, -0.25) is 10.1 Å². The Bertz CT molecular complexity index is 508. The van der Waals surface area contributed by atoms with E-state index in [1.165, 1.54) is 9.75 Å². The van der Waals surface area contributed by atoms with Crippen LogP contribution in [0.1, 0.15) is 42.6 Å². The van der Waals surface area contributed by atoms with E-state index in [1.807, 2.05) is 18.7 Å². The van der Waals surface area contributed by atoms with Gasteiger partial charge in [0.2, 0.25) is 5.91 Å². The summed E-state index contributed by atoms with van der Waals surface area (Å²) in [5.41, 5.74) is -0.263. The maximum atomic E-state index is 12.6. The van der Waals surface area contributed by atoms with E-state index in [0.29, 0.717) is 13.2 Å². The number of carbonyl (C=O) groups is 1. The number of ether oxygens (including phenoxy) is 1. The van der Waals surface area contributed by atoms with Crippen LogP contribution in [0.3, 0.4) is 0 Å². The normalized spacial score (nSPS) is 24.1. The highest BCUT2D eigenvalue weighted by Crippen LogP contribution is 2.46. The molecule has 1 aromatic rings. The molecule has 1 amide bonds. The molecule has 0 bridgehead atoms. The molecule has 4 nitrogen and oxygen atoms in total. The van der Waals surface area contributed by atoms with Gasteiger partial charge in [0.05, 0.1) is 12.7 Å². The summed E-state index contributed by atoms with van der Waals surface area (Å²) < 4.78 is 5.61. The molecule has 1 aromatic heterocycles. The van der Waals surface area contributed by atoms with Gasteiger partial charge in [-0.05, 0) is 45.7 Å². The fraction of sp³-hybridized carbons (Fsp3) is 0.667. The second-order valence-corrected chi connectivity index (χ2v) is 7.31. The fourth-order valence-corrected chi connectivity index (χ4v) is 3.66. The molecule has 1 atom stereocenters. The second kappa shape index (κ2) is 5.13. The van der Waals surface area contributed by atoms with Crippen LogP contribution in [0.15, 0.2) is 12.1 Å². The van der Waals surface area contributed by atoms with Crippen molar-refractivity contribution in [3.8, 4) is 0 Å². The van der Waals surface area contributed by atoms with E-state index in [-0.39, 0.29) is 23.7 Å². The first-order valence-corrected chi connectivity index (χ1v) is 8.10. The zero-order valence-electron chi connectivity index (χ0n) is 12.3. The van der Waals surface area contributed by atoms with E-state index in [0.717, 1.165) is 12.8 Å². The molecule has 1 unspecified atom stereocenters. The maximum absolute atomic E-state index is 12.6. The van der Waals surface area contributed by atoms with Gasteiger partial charge in [0, 0.05) is 16.3 Å².